The number of amides is 1. The maximum absolute atomic E-state index is 12.4. The highest BCUT2D eigenvalue weighted by molar-refractivity contribution is 5.79. The molecule has 0 bridgehead atoms. The van der Waals surface area contributed by atoms with E-state index in [0.29, 0.717) is 32.8 Å². The van der Waals surface area contributed by atoms with Crippen molar-refractivity contribution in [3.8, 4) is 6.07 Å². The van der Waals surface area contributed by atoms with E-state index in [1.807, 2.05) is 25.5 Å². The quantitative estimate of drug-likeness (QED) is 0.801. The largest absolute Gasteiger partial charge is 0.374 e. The molecule has 8 nitrogen and oxygen atoms in total. The van der Waals surface area contributed by atoms with Crippen molar-refractivity contribution in [1.82, 2.24) is 25.0 Å². The summed E-state index contributed by atoms with van der Waals surface area (Å²) in [4.78, 5) is 18.7. The van der Waals surface area contributed by atoms with Crippen LogP contribution in [0.15, 0.2) is 0 Å². The zero-order chi connectivity index (χ0) is 18.0. The van der Waals surface area contributed by atoms with Crippen LogP contribution in [0, 0.1) is 31.1 Å². The van der Waals surface area contributed by atoms with Gasteiger partial charge in [0.1, 0.15) is 17.2 Å². The topological polar surface area (TPSA) is 96.1 Å². The number of nitrogens with zero attached hydrogens (tertiary/aromatic N) is 5. The predicted octanol–water partition coefficient (Wildman–Crippen LogP) is 0.404. The Balaban J connectivity index is 1.52. The van der Waals surface area contributed by atoms with Crippen LogP contribution < -0.4 is 5.32 Å². The highest BCUT2D eigenvalue weighted by Crippen LogP contribution is 2.39. The van der Waals surface area contributed by atoms with Crippen LogP contribution in [0.5, 0.6) is 0 Å². The molecule has 0 spiro atoms. The smallest absolute Gasteiger partial charge is 0.235 e. The Kier molecular flexibility index (Phi) is 5.06. The molecule has 1 aromatic heterocycles. The molecule has 1 aliphatic heterocycles. The number of hydrogen-bond donors (Lipinski definition) is 1. The van der Waals surface area contributed by atoms with Crippen LogP contribution in [0.1, 0.15) is 31.4 Å². The van der Waals surface area contributed by atoms with E-state index >= 15 is 0 Å². The van der Waals surface area contributed by atoms with Crippen molar-refractivity contribution in [2.75, 3.05) is 26.2 Å². The van der Waals surface area contributed by atoms with Crippen molar-refractivity contribution in [3.05, 3.63) is 11.6 Å². The van der Waals surface area contributed by atoms with Crippen LogP contribution in [-0.2, 0) is 16.1 Å². The second kappa shape index (κ2) is 7.10. The van der Waals surface area contributed by atoms with Gasteiger partial charge in [-0.05, 0) is 39.5 Å². The van der Waals surface area contributed by atoms with Gasteiger partial charge in [0.15, 0.2) is 0 Å². The van der Waals surface area contributed by atoms with Gasteiger partial charge in [-0.1, -0.05) is 0 Å². The van der Waals surface area contributed by atoms with Gasteiger partial charge in [0.25, 0.3) is 0 Å². The minimum atomic E-state index is -0.738. The lowest BCUT2D eigenvalue weighted by Crippen LogP contribution is -2.53. The fourth-order valence-electron chi connectivity index (χ4n) is 3.38. The summed E-state index contributed by atoms with van der Waals surface area (Å²) in [5.74, 6) is 1.81. The number of rotatable bonds is 6. The molecule has 136 valence electrons. The van der Waals surface area contributed by atoms with Gasteiger partial charge in [0.2, 0.25) is 5.91 Å². The summed E-state index contributed by atoms with van der Waals surface area (Å²) in [6.07, 6.45) is 2.01. The predicted molar refractivity (Wildman–Crippen MR) is 90.6 cm³/mol. The van der Waals surface area contributed by atoms with Crippen LogP contribution in [0.25, 0.3) is 0 Å². The molecule has 1 saturated heterocycles. The first-order valence-corrected chi connectivity index (χ1v) is 8.84. The normalized spacial score (nSPS) is 23.7. The van der Waals surface area contributed by atoms with Crippen LogP contribution >= 0.6 is 0 Å². The molecule has 1 N–H and O–H groups in total. The van der Waals surface area contributed by atoms with Crippen molar-refractivity contribution in [3.63, 3.8) is 0 Å². The second-order valence-electron chi connectivity index (χ2n) is 7.25. The summed E-state index contributed by atoms with van der Waals surface area (Å²) in [7, 11) is 0. The Labute approximate surface area is 148 Å². The standard InChI is InChI=1S/C17H26N6O2/c1-12-19-13(2)23(21-12)9-15-8-22(6-7-25-15)10-16(24)20-17(3,11-18)14-4-5-14/h14-15H,4-10H2,1-3H3,(H,20,24)/t15-,17+/m0/s1. The summed E-state index contributed by atoms with van der Waals surface area (Å²) in [6, 6.07) is 2.26. The van der Waals surface area contributed by atoms with Crippen molar-refractivity contribution >= 4 is 5.91 Å². The Morgan fingerprint density at radius 3 is 2.84 bits per heavy atom. The minimum Gasteiger partial charge on any atom is -0.374 e. The molecule has 8 heteroatoms. The van der Waals surface area contributed by atoms with Crippen molar-refractivity contribution in [2.45, 2.75) is 51.8 Å². The molecule has 25 heavy (non-hydrogen) atoms. The molecule has 1 aromatic rings. The van der Waals surface area contributed by atoms with Gasteiger partial charge in [0, 0.05) is 13.1 Å². The minimum absolute atomic E-state index is 0.0212. The second-order valence-corrected chi connectivity index (χ2v) is 7.25. The molecule has 0 unspecified atom stereocenters. The molecular formula is C17H26N6O2. The van der Waals surface area contributed by atoms with Crippen molar-refractivity contribution in [2.24, 2.45) is 5.92 Å². The van der Waals surface area contributed by atoms with Gasteiger partial charge in [-0.15, -0.1) is 0 Å². The number of ether oxygens (including phenoxy) is 1. The van der Waals surface area contributed by atoms with Crippen molar-refractivity contribution < 1.29 is 9.53 Å². The van der Waals surface area contributed by atoms with E-state index in [-0.39, 0.29) is 17.9 Å². The van der Waals surface area contributed by atoms with E-state index in [9.17, 15) is 10.1 Å². The Morgan fingerprint density at radius 2 is 2.24 bits per heavy atom. The van der Waals surface area contributed by atoms with E-state index in [0.717, 1.165) is 24.5 Å². The van der Waals surface area contributed by atoms with Gasteiger partial charge < -0.3 is 10.1 Å². The third-order valence-electron chi connectivity index (χ3n) is 4.95. The highest BCUT2D eigenvalue weighted by Gasteiger charge is 2.43. The zero-order valence-electron chi connectivity index (χ0n) is 15.2. The maximum Gasteiger partial charge on any atom is 0.235 e. The van der Waals surface area contributed by atoms with Gasteiger partial charge in [-0.2, -0.15) is 10.4 Å². The van der Waals surface area contributed by atoms with Crippen molar-refractivity contribution in [1.29, 1.82) is 5.26 Å². The number of nitriles is 1. The number of carbonyl (C=O) groups excluding carboxylic acids is 1. The molecular weight excluding hydrogens is 320 g/mol. The number of carbonyl (C=O) groups is 1. The SMILES string of the molecule is Cc1nc(C)n(C[C@@H]2CN(CC(=O)N[C@](C)(C#N)C3CC3)CCO2)n1. The summed E-state index contributed by atoms with van der Waals surface area (Å²) >= 11 is 0. The number of nitrogens with one attached hydrogen (secondary N) is 1. The third kappa shape index (κ3) is 4.35. The fraction of sp³-hybridized carbons (Fsp3) is 0.765. The lowest BCUT2D eigenvalue weighted by molar-refractivity contribution is -0.125. The van der Waals surface area contributed by atoms with E-state index in [1.54, 1.807) is 0 Å². The fourth-order valence-corrected chi connectivity index (χ4v) is 3.38. The number of aryl methyl sites for hydroxylation is 2. The number of morpholine rings is 1. The Hall–Kier alpha value is -1.98. The lowest BCUT2D eigenvalue weighted by atomic mass is 9.98. The van der Waals surface area contributed by atoms with Crippen LogP contribution in [0.4, 0.5) is 0 Å². The summed E-state index contributed by atoms with van der Waals surface area (Å²) in [5, 5.41) is 16.7. The Morgan fingerprint density at radius 1 is 1.48 bits per heavy atom. The lowest BCUT2D eigenvalue weighted by Gasteiger charge is -2.33. The van der Waals surface area contributed by atoms with Gasteiger partial charge >= 0.3 is 0 Å². The van der Waals surface area contributed by atoms with Gasteiger partial charge in [0.05, 0.1) is 31.9 Å². The summed E-state index contributed by atoms with van der Waals surface area (Å²) in [6.45, 7) is 8.50. The third-order valence-corrected chi connectivity index (χ3v) is 4.95. The Bertz CT molecular complexity index is 677. The molecule has 2 fully saturated rings. The first kappa shape index (κ1) is 17.8. The van der Waals surface area contributed by atoms with Crippen LogP contribution in [-0.4, -0.2) is 63.5 Å². The molecule has 1 amide bonds. The molecule has 1 saturated carbocycles. The molecule has 0 radical (unpaired) electrons. The summed E-state index contributed by atoms with van der Waals surface area (Å²) < 4.78 is 7.66. The molecule has 0 aromatic carbocycles. The highest BCUT2D eigenvalue weighted by atomic mass is 16.5. The van der Waals surface area contributed by atoms with Gasteiger partial charge in [-0.25, -0.2) is 9.67 Å². The first-order chi connectivity index (χ1) is 11.9. The molecule has 2 atom stereocenters. The van der Waals surface area contributed by atoms with Crippen LogP contribution in [0.2, 0.25) is 0 Å². The van der Waals surface area contributed by atoms with E-state index in [2.05, 4.69) is 26.4 Å². The van der Waals surface area contributed by atoms with E-state index in [4.69, 9.17) is 4.74 Å². The summed E-state index contributed by atoms with van der Waals surface area (Å²) in [5.41, 5.74) is -0.738. The number of aromatic nitrogens is 3. The molecule has 2 heterocycles. The zero-order valence-corrected chi connectivity index (χ0v) is 15.2. The van der Waals surface area contributed by atoms with E-state index < -0.39 is 5.54 Å². The monoisotopic (exact) mass is 346 g/mol. The van der Waals surface area contributed by atoms with Gasteiger partial charge in [-0.3, -0.25) is 9.69 Å². The first-order valence-electron chi connectivity index (χ1n) is 8.84. The maximum atomic E-state index is 12.4. The average molecular weight is 346 g/mol. The molecule has 1 aliphatic carbocycles. The van der Waals surface area contributed by atoms with E-state index in [1.165, 1.54) is 0 Å². The van der Waals surface area contributed by atoms with Crippen LogP contribution in [0.3, 0.4) is 0 Å². The average Bonchev–Trinajstić information content (AvgIpc) is 3.35. The molecule has 3 rings (SSSR count). The molecule has 2 aliphatic rings. The number of hydrogen-bond acceptors (Lipinski definition) is 6.